The molecule has 0 aliphatic carbocycles. The van der Waals surface area contributed by atoms with Crippen LogP contribution in [0.1, 0.15) is 11.6 Å². The molecule has 0 atom stereocenters. The summed E-state index contributed by atoms with van der Waals surface area (Å²) >= 11 is 0. The maximum absolute atomic E-state index is 10.9. The van der Waals surface area contributed by atoms with E-state index in [1.165, 1.54) is 12.1 Å². The van der Waals surface area contributed by atoms with Crippen LogP contribution >= 0.6 is 0 Å². The molecule has 0 radical (unpaired) electrons. The summed E-state index contributed by atoms with van der Waals surface area (Å²) in [6.45, 7) is 2.53. The van der Waals surface area contributed by atoms with Crippen molar-refractivity contribution >= 4 is 23.3 Å². The highest BCUT2D eigenvalue weighted by Gasteiger charge is 2.23. The Hall–Kier alpha value is -4.75. The lowest BCUT2D eigenvalue weighted by Crippen LogP contribution is -2.38. The highest BCUT2D eigenvalue weighted by Crippen LogP contribution is 2.29. The van der Waals surface area contributed by atoms with E-state index in [-0.39, 0.29) is 11.3 Å². The molecule has 35 heavy (non-hydrogen) atoms. The first-order chi connectivity index (χ1) is 17.1. The largest absolute Gasteiger partial charge is 0.457 e. The SMILES string of the molecule is N#C/C(=C\c1ccc(-c2ccc([N+](=O)[O-])cc2)o1)c1nnc(N2CCOCC2)n1-c1ccccc1. The van der Waals surface area contributed by atoms with Crippen LogP contribution in [-0.4, -0.2) is 46.0 Å². The molecular formula is C25H20N6O4. The molecule has 10 nitrogen and oxygen atoms in total. The van der Waals surface area contributed by atoms with Gasteiger partial charge in [-0.05, 0) is 36.4 Å². The molecule has 1 aliphatic heterocycles. The number of anilines is 1. The van der Waals surface area contributed by atoms with Gasteiger partial charge >= 0.3 is 0 Å². The molecule has 0 N–H and O–H groups in total. The average Bonchev–Trinajstić information content (AvgIpc) is 3.56. The zero-order chi connectivity index (χ0) is 24.2. The van der Waals surface area contributed by atoms with Gasteiger partial charge in [0.05, 0.1) is 23.8 Å². The van der Waals surface area contributed by atoms with E-state index in [9.17, 15) is 15.4 Å². The number of rotatable bonds is 6. The molecule has 10 heteroatoms. The minimum Gasteiger partial charge on any atom is -0.457 e. The maximum atomic E-state index is 10.9. The zero-order valence-corrected chi connectivity index (χ0v) is 18.6. The molecular weight excluding hydrogens is 448 g/mol. The predicted octanol–water partition coefficient (Wildman–Crippen LogP) is 4.34. The van der Waals surface area contributed by atoms with E-state index in [4.69, 9.17) is 9.15 Å². The van der Waals surface area contributed by atoms with Gasteiger partial charge in [0.25, 0.3) is 5.69 Å². The van der Waals surface area contributed by atoms with Crippen molar-refractivity contribution in [3.05, 3.63) is 88.4 Å². The molecule has 3 heterocycles. The number of hydrogen-bond acceptors (Lipinski definition) is 8. The maximum Gasteiger partial charge on any atom is 0.269 e. The van der Waals surface area contributed by atoms with E-state index in [1.807, 2.05) is 34.9 Å². The summed E-state index contributed by atoms with van der Waals surface area (Å²) < 4.78 is 13.2. The van der Waals surface area contributed by atoms with Crippen LogP contribution in [0.15, 0.2) is 71.1 Å². The number of para-hydroxylation sites is 1. The number of morpholine rings is 1. The second-order valence-corrected chi connectivity index (χ2v) is 7.77. The van der Waals surface area contributed by atoms with Crippen LogP contribution in [0, 0.1) is 21.4 Å². The number of nitrogens with zero attached hydrogens (tertiary/aromatic N) is 6. The lowest BCUT2D eigenvalue weighted by Gasteiger charge is -2.28. The molecule has 4 aromatic rings. The van der Waals surface area contributed by atoms with Gasteiger partial charge in [0, 0.05) is 36.9 Å². The first-order valence-electron chi connectivity index (χ1n) is 10.9. The van der Waals surface area contributed by atoms with Gasteiger partial charge < -0.3 is 14.1 Å². The predicted molar refractivity (Wildman–Crippen MR) is 129 cm³/mol. The molecule has 1 fully saturated rings. The Bertz CT molecular complexity index is 1410. The number of allylic oxidation sites excluding steroid dienone is 1. The number of nitro groups is 1. The smallest absolute Gasteiger partial charge is 0.269 e. The van der Waals surface area contributed by atoms with Crippen molar-refractivity contribution in [3.8, 4) is 23.1 Å². The van der Waals surface area contributed by atoms with Crippen molar-refractivity contribution in [3.63, 3.8) is 0 Å². The minimum absolute atomic E-state index is 0.00325. The van der Waals surface area contributed by atoms with Crippen molar-refractivity contribution in [2.45, 2.75) is 0 Å². The van der Waals surface area contributed by atoms with Crippen molar-refractivity contribution in [1.29, 1.82) is 5.26 Å². The quantitative estimate of drug-likeness (QED) is 0.233. The number of aromatic nitrogens is 3. The Kier molecular flexibility index (Phi) is 6.07. The Labute approximate surface area is 200 Å². The standard InChI is InChI=1S/C25H20N6O4/c26-17-19(16-22-10-11-23(35-22)18-6-8-21(9-7-18)31(32)33)24-27-28-25(29-12-14-34-15-13-29)30(24)20-4-2-1-3-5-20/h1-11,16H,12-15H2/b19-16+. The summed E-state index contributed by atoms with van der Waals surface area (Å²) in [7, 11) is 0. The van der Waals surface area contributed by atoms with Crippen LogP contribution in [0.25, 0.3) is 28.7 Å². The number of benzene rings is 2. The molecule has 0 unspecified atom stereocenters. The second kappa shape index (κ2) is 9.62. The van der Waals surface area contributed by atoms with Gasteiger partial charge in [0.1, 0.15) is 23.2 Å². The highest BCUT2D eigenvalue weighted by molar-refractivity contribution is 5.87. The van der Waals surface area contributed by atoms with E-state index >= 15 is 0 Å². The summed E-state index contributed by atoms with van der Waals surface area (Å²) in [6.07, 6.45) is 1.61. The molecule has 5 rings (SSSR count). The number of nitriles is 1. The fraction of sp³-hybridized carbons (Fsp3) is 0.160. The van der Waals surface area contributed by atoms with Crippen molar-refractivity contribution < 1.29 is 14.1 Å². The molecule has 2 aromatic heterocycles. The van der Waals surface area contributed by atoms with Gasteiger partial charge in [-0.15, -0.1) is 10.2 Å². The third-order valence-corrected chi connectivity index (χ3v) is 5.59. The molecule has 174 valence electrons. The monoisotopic (exact) mass is 468 g/mol. The molecule has 0 saturated carbocycles. The average molecular weight is 468 g/mol. The Morgan fingerprint density at radius 1 is 1.03 bits per heavy atom. The van der Waals surface area contributed by atoms with Crippen LogP contribution in [0.2, 0.25) is 0 Å². The summed E-state index contributed by atoms with van der Waals surface area (Å²) in [5, 5.41) is 29.7. The minimum atomic E-state index is -0.451. The highest BCUT2D eigenvalue weighted by atomic mass is 16.6. The summed E-state index contributed by atoms with van der Waals surface area (Å²) in [6, 6.07) is 21.4. The lowest BCUT2D eigenvalue weighted by molar-refractivity contribution is -0.384. The zero-order valence-electron chi connectivity index (χ0n) is 18.6. The van der Waals surface area contributed by atoms with Crippen molar-refractivity contribution in [2.75, 3.05) is 31.2 Å². The summed E-state index contributed by atoms with van der Waals surface area (Å²) in [5.41, 5.74) is 1.81. The second-order valence-electron chi connectivity index (χ2n) is 7.77. The van der Waals surface area contributed by atoms with Crippen LogP contribution in [0.5, 0.6) is 0 Å². The van der Waals surface area contributed by atoms with Gasteiger partial charge in [0.2, 0.25) is 5.95 Å². The fourth-order valence-electron chi connectivity index (χ4n) is 3.86. The summed E-state index contributed by atoms with van der Waals surface area (Å²) in [5.74, 6) is 2.02. The van der Waals surface area contributed by atoms with E-state index in [1.54, 1.807) is 30.3 Å². The van der Waals surface area contributed by atoms with Gasteiger partial charge in [-0.25, -0.2) is 0 Å². The topological polar surface area (TPSA) is 123 Å². The normalized spacial score (nSPS) is 14.0. The van der Waals surface area contributed by atoms with Gasteiger partial charge in [0.15, 0.2) is 5.82 Å². The molecule has 0 amide bonds. The molecule has 1 saturated heterocycles. The molecule has 1 aliphatic rings. The number of furan rings is 1. The first kappa shape index (κ1) is 22.1. The van der Waals surface area contributed by atoms with Crippen LogP contribution in [0.4, 0.5) is 11.6 Å². The van der Waals surface area contributed by atoms with Crippen LogP contribution in [0.3, 0.4) is 0 Å². The van der Waals surface area contributed by atoms with Crippen LogP contribution in [-0.2, 0) is 4.74 Å². The van der Waals surface area contributed by atoms with E-state index in [0.717, 1.165) is 5.69 Å². The van der Waals surface area contributed by atoms with E-state index in [0.29, 0.717) is 55.2 Å². The Morgan fingerprint density at radius 3 is 2.46 bits per heavy atom. The van der Waals surface area contributed by atoms with Crippen molar-refractivity contribution in [1.82, 2.24) is 14.8 Å². The molecule has 0 spiro atoms. The third kappa shape index (κ3) is 4.53. The third-order valence-electron chi connectivity index (χ3n) is 5.59. The van der Waals surface area contributed by atoms with E-state index < -0.39 is 4.92 Å². The molecule has 0 bridgehead atoms. The van der Waals surface area contributed by atoms with Gasteiger partial charge in [-0.1, -0.05) is 18.2 Å². The van der Waals surface area contributed by atoms with Crippen molar-refractivity contribution in [2.24, 2.45) is 0 Å². The van der Waals surface area contributed by atoms with Crippen LogP contribution < -0.4 is 4.90 Å². The Balaban J connectivity index is 1.52. The van der Waals surface area contributed by atoms with E-state index in [2.05, 4.69) is 21.2 Å². The van der Waals surface area contributed by atoms with Gasteiger partial charge in [-0.3, -0.25) is 14.7 Å². The first-order valence-corrected chi connectivity index (χ1v) is 10.9. The number of ether oxygens (including phenoxy) is 1. The fourth-order valence-corrected chi connectivity index (χ4v) is 3.86. The lowest BCUT2D eigenvalue weighted by atomic mass is 10.1. The number of hydrogen-bond donors (Lipinski definition) is 0. The summed E-state index contributed by atoms with van der Waals surface area (Å²) in [4.78, 5) is 12.5. The number of non-ortho nitro benzene ring substituents is 1. The molecule has 2 aromatic carbocycles. The van der Waals surface area contributed by atoms with Gasteiger partial charge in [-0.2, -0.15) is 5.26 Å². The number of nitro benzene ring substituents is 1. The Morgan fingerprint density at radius 2 is 1.77 bits per heavy atom.